The van der Waals surface area contributed by atoms with Crippen molar-refractivity contribution < 1.29 is 4.79 Å². The summed E-state index contributed by atoms with van der Waals surface area (Å²) in [7, 11) is 0. The molecule has 0 atom stereocenters. The van der Waals surface area contributed by atoms with Gasteiger partial charge in [0.15, 0.2) is 5.69 Å². The van der Waals surface area contributed by atoms with Gasteiger partial charge >= 0.3 is 0 Å². The maximum atomic E-state index is 11.7. The van der Waals surface area contributed by atoms with Gasteiger partial charge in [0, 0.05) is 14.2 Å². The Morgan fingerprint density at radius 1 is 1.20 bits per heavy atom. The summed E-state index contributed by atoms with van der Waals surface area (Å²) in [6.45, 7) is 0. The van der Waals surface area contributed by atoms with Crippen LogP contribution in [-0.4, -0.2) is 15.7 Å². The molecule has 0 aliphatic rings. The molecule has 3 aromatic rings. The molecular weight excluding hydrogens is 474 g/mol. The van der Waals surface area contributed by atoms with Crippen LogP contribution in [0.15, 0.2) is 42.5 Å². The Hall–Kier alpha value is -2.08. The second-order valence-electron chi connectivity index (χ2n) is 5.06. The number of nitriles is 1. The highest BCUT2D eigenvalue weighted by atomic mass is 127. The smallest absolute Gasteiger partial charge is 0.270 e. The highest BCUT2D eigenvalue weighted by Gasteiger charge is 2.24. The fourth-order valence-corrected chi connectivity index (χ4v) is 3.25. The molecule has 1 heterocycles. The summed E-state index contributed by atoms with van der Waals surface area (Å²) in [5, 5.41) is 14.6. The molecule has 124 valence electrons. The topological polar surface area (TPSA) is 84.7 Å². The van der Waals surface area contributed by atoms with Crippen LogP contribution in [0.25, 0.3) is 16.9 Å². The van der Waals surface area contributed by atoms with Crippen molar-refractivity contribution in [1.29, 1.82) is 5.26 Å². The number of primary amides is 1. The van der Waals surface area contributed by atoms with E-state index in [2.05, 4.69) is 27.7 Å². The summed E-state index contributed by atoms with van der Waals surface area (Å²) in [4.78, 5) is 11.7. The van der Waals surface area contributed by atoms with Gasteiger partial charge in [-0.2, -0.15) is 10.4 Å². The molecule has 0 bridgehead atoms. The molecule has 25 heavy (non-hydrogen) atoms. The summed E-state index contributed by atoms with van der Waals surface area (Å²) in [6.07, 6.45) is 0. The molecule has 0 unspecified atom stereocenters. The van der Waals surface area contributed by atoms with Crippen molar-refractivity contribution in [2.75, 3.05) is 0 Å². The fourth-order valence-electron chi connectivity index (χ4n) is 2.40. The number of hydrogen-bond donors (Lipinski definition) is 1. The van der Waals surface area contributed by atoms with Crippen LogP contribution in [0.1, 0.15) is 16.1 Å². The number of aromatic nitrogens is 2. The lowest BCUT2D eigenvalue weighted by Gasteiger charge is -2.10. The van der Waals surface area contributed by atoms with E-state index in [4.69, 9.17) is 28.9 Å². The molecule has 2 N–H and O–H groups in total. The van der Waals surface area contributed by atoms with Gasteiger partial charge in [-0.25, -0.2) is 4.68 Å². The van der Waals surface area contributed by atoms with Gasteiger partial charge in [0.05, 0.1) is 16.4 Å². The van der Waals surface area contributed by atoms with E-state index in [1.54, 1.807) is 18.2 Å². The lowest BCUT2D eigenvalue weighted by molar-refractivity contribution is 0.0995. The molecule has 1 aromatic heterocycles. The first-order chi connectivity index (χ1) is 11.9. The molecular formula is C17H9Cl2IN4O. The number of nitrogens with two attached hydrogens (primary N) is 1. The molecule has 5 nitrogen and oxygen atoms in total. The Balaban J connectivity index is 2.36. The molecule has 0 saturated carbocycles. The van der Waals surface area contributed by atoms with Crippen molar-refractivity contribution in [3.05, 3.63) is 67.3 Å². The Morgan fingerprint density at radius 2 is 1.88 bits per heavy atom. The van der Waals surface area contributed by atoms with Crippen LogP contribution < -0.4 is 5.73 Å². The Morgan fingerprint density at radius 3 is 2.44 bits per heavy atom. The number of rotatable bonds is 3. The van der Waals surface area contributed by atoms with E-state index < -0.39 is 5.91 Å². The number of nitrogens with zero attached hydrogens (tertiary/aromatic N) is 3. The Labute approximate surface area is 167 Å². The lowest BCUT2D eigenvalue weighted by Crippen LogP contribution is -2.13. The minimum absolute atomic E-state index is 0.0970. The van der Waals surface area contributed by atoms with Crippen LogP contribution >= 0.6 is 45.8 Å². The average Bonchev–Trinajstić information content (AvgIpc) is 2.95. The number of halogens is 3. The lowest BCUT2D eigenvalue weighted by atomic mass is 10.1. The third-order valence-corrected chi connectivity index (χ3v) is 4.74. The molecule has 1 amide bonds. The van der Waals surface area contributed by atoms with E-state index in [1.807, 2.05) is 30.3 Å². The largest absolute Gasteiger partial charge is 0.364 e. The van der Waals surface area contributed by atoms with E-state index in [0.717, 1.165) is 3.57 Å². The number of hydrogen-bond acceptors (Lipinski definition) is 3. The number of benzene rings is 2. The van der Waals surface area contributed by atoms with Crippen molar-refractivity contribution in [1.82, 2.24) is 9.78 Å². The van der Waals surface area contributed by atoms with Gasteiger partial charge in [-0.1, -0.05) is 35.3 Å². The van der Waals surface area contributed by atoms with E-state index in [1.165, 1.54) is 4.68 Å². The molecule has 0 aliphatic heterocycles. The van der Waals surface area contributed by atoms with Crippen LogP contribution in [-0.2, 0) is 0 Å². The Kier molecular flexibility index (Phi) is 4.99. The van der Waals surface area contributed by atoms with Crippen molar-refractivity contribution in [2.45, 2.75) is 0 Å². The molecule has 3 rings (SSSR count). The third kappa shape index (κ3) is 3.35. The summed E-state index contributed by atoms with van der Waals surface area (Å²) in [5.41, 5.74) is 7.02. The minimum atomic E-state index is -0.785. The van der Waals surface area contributed by atoms with Gasteiger partial charge in [0.25, 0.3) is 5.91 Å². The van der Waals surface area contributed by atoms with Crippen LogP contribution in [0.4, 0.5) is 0 Å². The number of amides is 1. The van der Waals surface area contributed by atoms with E-state index in [0.29, 0.717) is 27.0 Å². The standard InChI is InChI=1S/C17H9Cl2IN4O/c18-10-3-6-14(13(19)7-10)24-16(9-1-4-11(20)5-2-9)12(8-21)15(23-24)17(22)25/h1-7H,(H2,22,25). The SMILES string of the molecule is N#Cc1c(C(N)=O)nn(-c2ccc(Cl)cc2Cl)c1-c1ccc(I)cc1. The van der Waals surface area contributed by atoms with Gasteiger partial charge in [0.2, 0.25) is 0 Å². The molecule has 0 spiro atoms. The molecule has 0 saturated heterocycles. The summed E-state index contributed by atoms with van der Waals surface area (Å²) in [5.74, 6) is -0.785. The summed E-state index contributed by atoms with van der Waals surface area (Å²) >= 11 is 14.4. The van der Waals surface area contributed by atoms with Crippen LogP contribution in [0.3, 0.4) is 0 Å². The van der Waals surface area contributed by atoms with Crippen molar-refractivity contribution in [2.24, 2.45) is 5.73 Å². The highest BCUT2D eigenvalue weighted by molar-refractivity contribution is 14.1. The number of carbonyl (C=O) groups excluding carboxylic acids is 1. The second kappa shape index (κ2) is 7.04. The van der Waals surface area contributed by atoms with Crippen molar-refractivity contribution >= 4 is 51.7 Å². The monoisotopic (exact) mass is 482 g/mol. The zero-order valence-electron chi connectivity index (χ0n) is 12.5. The minimum Gasteiger partial charge on any atom is -0.364 e. The predicted molar refractivity (Wildman–Crippen MR) is 105 cm³/mol. The third-order valence-electron chi connectivity index (χ3n) is 3.49. The van der Waals surface area contributed by atoms with Crippen LogP contribution in [0.5, 0.6) is 0 Å². The molecule has 0 radical (unpaired) electrons. The Bertz CT molecular complexity index is 1020. The molecule has 8 heteroatoms. The van der Waals surface area contributed by atoms with E-state index >= 15 is 0 Å². The number of carbonyl (C=O) groups is 1. The first-order valence-electron chi connectivity index (χ1n) is 6.96. The van der Waals surface area contributed by atoms with Crippen LogP contribution in [0, 0.1) is 14.9 Å². The van der Waals surface area contributed by atoms with E-state index in [-0.39, 0.29) is 11.3 Å². The van der Waals surface area contributed by atoms with E-state index in [9.17, 15) is 10.1 Å². The van der Waals surface area contributed by atoms with Gasteiger partial charge < -0.3 is 5.73 Å². The zero-order chi connectivity index (χ0) is 18.1. The average molecular weight is 483 g/mol. The maximum Gasteiger partial charge on any atom is 0.270 e. The highest BCUT2D eigenvalue weighted by Crippen LogP contribution is 2.32. The van der Waals surface area contributed by atoms with Gasteiger partial charge in [0.1, 0.15) is 11.6 Å². The molecule has 2 aromatic carbocycles. The normalized spacial score (nSPS) is 10.5. The van der Waals surface area contributed by atoms with Crippen molar-refractivity contribution in [3.63, 3.8) is 0 Å². The second-order valence-corrected chi connectivity index (χ2v) is 7.15. The first kappa shape index (κ1) is 17.7. The summed E-state index contributed by atoms with van der Waals surface area (Å²) < 4.78 is 2.48. The van der Waals surface area contributed by atoms with Crippen LogP contribution in [0.2, 0.25) is 10.0 Å². The molecule has 0 fully saturated rings. The van der Waals surface area contributed by atoms with Crippen molar-refractivity contribution in [3.8, 4) is 23.0 Å². The zero-order valence-corrected chi connectivity index (χ0v) is 16.2. The first-order valence-corrected chi connectivity index (χ1v) is 8.80. The van der Waals surface area contributed by atoms with Gasteiger partial charge in [-0.3, -0.25) is 4.79 Å². The van der Waals surface area contributed by atoms with Gasteiger partial charge in [-0.15, -0.1) is 0 Å². The van der Waals surface area contributed by atoms with Gasteiger partial charge in [-0.05, 0) is 52.9 Å². The maximum absolute atomic E-state index is 11.7. The summed E-state index contributed by atoms with van der Waals surface area (Å²) in [6, 6.07) is 14.4. The predicted octanol–water partition coefficient (Wildman–Crippen LogP) is 4.42. The fraction of sp³-hybridized carbons (Fsp3) is 0. The molecule has 0 aliphatic carbocycles. The quantitative estimate of drug-likeness (QED) is 0.560.